The van der Waals surface area contributed by atoms with Crippen LogP contribution in [0.3, 0.4) is 0 Å². The van der Waals surface area contributed by atoms with Gasteiger partial charge in [-0.2, -0.15) is 0 Å². The third-order valence-electron chi connectivity index (χ3n) is 4.03. The molecule has 0 radical (unpaired) electrons. The summed E-state index contributed by atoms with van der Waals surface area (Å²) in [5.41, 5.74) is 10.9. The quantitative estimate of drug-likeness (QED) is 0.578. The maximum absolute atomic E-state index is 12.7. The van der Waals surface area contributed by atoms with Crippen molar-refractivity contribution in [3.8, 4) is 0 Å². The van der Waals surface area contributed by atoms with Gasteiger partial charge in [-0.25, -0.2) is 0 Å². The molecule has 2 aromatic carbocycles. The van der Waals surface area contributed by atoms with Gasteiger partial charge >= 0.3 is 0 Å². The maximum Gasteiger partial charge on any atom is 0.195 e. The monoisotopic (exact) mass is 251 g/mol. The number of hydrogen-bond donors (Lipinski definition) is 1. The predicted molar refractivity (Wildman–Crippen MR) is 72.0 cm³/mol. The van der Waals surface area contributed by atoms with Crippen LogP contribution in [0.5, 0.6) is 0 Å². The topological polar surface area (TPSA) is 55.6 Å². The highest BCUT2D eigenvalue weighted by Crippen LogP contribution is 2.55. The zero-order valence-electron chi connectivity index (χ0n) is 10.5. The Morgan fingerprint density at radius 2 is 1.79 bits per heavy atom. The minimum Gasteiger partial charge on any atom is -0.398 e. The lowest BCUT2D eigenvalue weighted by atomic mass is 9.95. The van der Waals surface area contributed by atoms with Crippen molar-refractivity contribution in [1.82, 2.24) is 0 Å². The van der Waals surface area contributed by atoms with Gasteiger partial charge in [-0.1, -0.05) is 36.4 Å². The van der Waals surface area contributed by atoms with Gasteiger partial charge in [0.15, 0.2) is 5.78 Å². The van der Waals surface area contributed by atoms with E-state index in [2.05, 4.69) is 0 Å². The molecule has 2 atom stereocenters. The van der Waals surface area contributed by atoms with E-state index in [4.69, 9.17) is 10.5 Å². The SMILES string of the molecule is Cc1ccc2c(c1N)C(=O)c1ccccc1C1OC21. The third kappa shape index (κ3) is 1.33. The van der Waals surface area contributed by atoms with E-state index in [9.17, 15) is 4.79 Å². The van der Waals surface area contributed by atoms with E-state index in [1.165, 1.54) is 0 Å². The van der Waals surface area contributed by atoms with E-state index in [0.29, 0.717) is 16.8 Å². The standard InChI is InChI=1S/C16H13NO2/c1-8-6-7-11-12(13(8)17)14(18)9-4-2-3-5-10(9)15-16(11)19-15/h2-7,15-16H,17H2,1H3. The first-order valence-corrected chi connectivity index (χ1v) is 6.36. The average molecular weight is 251 g/mol. The van der Waals surface area contributed by atoms with Crippen LogP contribution in [0.15, 0.2) is 36.4 Å². The molecule has 0 bridgehead atoms. The van der Waals surface area contributed by atoms with Gasteiger partial charge in [-0.3, -0.25) is 4.79 Å². The van der Waals surface area contributed by atoms with Crippen molar-refractivity contribution in [1.29, 1.82) is 0 Å². The first kappa shape index (κ1) is 10.8. The van der Waals surface area contributed by atoms with Crippen LogP contribution in [0.1, 0.15) is 44.8 Å². The summed E-state index contributed by atoms with van der Waals surface area (Å²) in [5, 5.41) is 0. The molecule has 3 nitrogen and oxygen atoms in total. The third-order valence-corrected chi connectivity index (χ3v) is 4.03. The van der Waals surface area contributed by atoms with E-state index in [-0.39, 0.29) is 18.0 Å². The van der Waals surface area contributed by atoms with E-state index in [1.54, 1.807) is 0 Å². The second kappa shape index (κ2) is 3.45. The lowest BCUT2D eigenvalue weighted by molar-refractivity contribution is 0.103. The summed E-state index contributed by atoms with van der Waals surface area (Å²) < 4.78 is 5.75. The Morgan fingerprint density at radius 1 is 1.05 bits per heavy atom. The molecular formula is C16H13NO2. The predicted octanol–water partition coefficient (Wildman–Crippen LogP) is 2.93. The number of aryl methyl sites for hydroxylation is 1. The molecule has 0 spiro atoms. The number of anilines is 1. The maximum atomic E-state index is 12.7. The molecule has 0 amide bonds. The zero-order chi connectivity index (χ0) is 13.1. The van der Waals surface area contributed by atoms with Crippen LogP contribution in [0.25, 0.3) is 0 Å². The van der Waals surface area contributed by atoms with Crippen molar-refractivity contribution in [3.63, 3.8) is 0 Å². The molecule has 1 aliphatic heterocycles. The number of carbonyl (C=O) groups is 1. The second-order valence-electron chi connectivity index (χ2n) is 5.15. The Labute approximate surface area is 111 Å². The fourth-order valence-corrected chi connectivity index (χ4v) is 2.90. The van der Waals surface area contributed by atoms with E-state index < -0.39 is 0 Å². The highest BCUT2D eigenvalue weighted by atomic mass is 16.6. The molecular weight excluding hydrogens is 238 g/mol. The smallest absolute Gasteiger partial charge is 0.195 e. The van der Waals surface area contributed by atoms with Crippen LogP contribution >= 0.6 is 0 Å². The summed E-state index contributed by atoms with van der Waals surface area (Å²) in [6.45, 7) is 1.92. The Morgan fingerprint density at radius 3 is 2.63 bits per heavy atom. The number of nitrogen functional groups attached to an aromatic ring is 1. The van der Waals surface area contributed by atoms with Crippen molar-refractivity contribution < 1.29 is 9.53 Å². The summed E-state index contributed by atoms with van der Waals surface area (Å²) in [7, 11) is 0. The second-order valence-corrected chi connectivity index (χ2v) is 5.15. The van der Waals surface area contributed by atoms with Crippen molar-refractivity contribution in [2.75, 3.05) is 5.73 Å². The molecule has 2 unspecified atom stereocenters. The lowest BCUT2D eigenvalue weighted by Crippen LogP contribution is -2.10. The average Bonchev–Trinajstić information content (AvgIpc) is 3.21. The molecule has 3 heteroatoms. The molecule has 2 aromatic rings. The van der Waals surface area contributed by atoms with Crippen LogP contribution in [-0.2, 0) is 4.74 Å². The summed E-state index contributed by atoms with van der Waals surface area (Å²) in [5.74, 6) is 0.0163. The molecule has 2 aliphatic rings. The molecule has 2 N–H and O–H groups in total. The Balaban J connectivity index is 2.05. The summed E-state index contributed by atoms with van der Waals surface area (Å²) >= 11 is 0. The highest BCUT2D eigenvalue weighted by molar-refractivity contribution is 6.15. The number of rotatable bonds is 0. The molecule has 1 saturated heterocycles. The number of ketones is 1. The van der Waals surface area contributed by atoms with Gasteiger partial charge in [-0.15, -0.1) is 0 Å². The molecule has 4 rings (SSSR count). The van der Waals surface area contributed by atoms with Gasteiger partial charge < -0.3 is 10.5 Å². The summed E-state index contributed by atoms with van der Waals surface area (Å²) in [6.07, 6.45) is -0.0194. The van der Waals surface area contributed by atoms with E-state index >= 15 is 0 Å². The highest BCUT2D eigenvalue weighted by Gasteiger charge is 2.48. The number of fused-ring (bicyclic) bond motifs is 5. The summed E-state index contributed by atoms with van der Waals surface area (Å²) in [4.78, 5) is 12.7. The Kier molecular flexibility index (Phi) is 1.96. The van der Waals surface area contributed by atoms with Gasteiger partial charge in [-0.05, 0) is 23.6 Å². The van der Waals surface area contributed by atoms with Crippen LogP contribution in [0, 0.1) is 6.92 Å². The molecule has 1 fully saturated rings. The van der Waals surface area contributed by atoms with Crippen molar-refractivity contribution in [3.05, 3.63) is 64.2 Å². The van der Waals surface area contributed by atoms with E-state index in [1.807, 2.05) is 43.3 Å². The molecule has 0 saturated carbocycles. The van der Waals surface area contributed by atoms with Crippen molar-refractivity contribution >= 4 is 11.5 Å². The first-order valence-electron chi connectivity index (χ1n) is 6.36. The molecule has 1 heterocycles. The van der Waals surface area contributed by atoms with Crippen LogP contribution < -0.4 is 5.73 Å². The number of carbonyl (C=O) groups excluding carboxylic acids is 1. The number of benzene rings is 2. The van der Waals surface area contributed by atoms with Gasteiger partial charge in [0, 0.05) is 11.3 Å². The van der Waals surface area contributed by atoms with Gasteiger partial charge in [0.1, 0.15) is 12.2 Å². The van der Waals surface area contributed by atoms with Crippen molar-refractivity contribution in [2.24, 2.45) is 0 Å². The fraction of sp³-hybridized carbons (Fsp3) is 0.188. The van der Waals surface area contributed by atoms with Gasteiger partial charge in [0.05, 0.1) is 5.56 Å². The number of ether oxygens (including phenoxy) is 1. The minimum absolute atomic E-state index is 0.00325. The summed E-state index contributed by atoms with van der Waals surface area (Å²) in [6, 6.07) is 11.6. The molecule has 0 aromatic heterocycles. The fourth-order valence-electron chi connectivity index (χ4n) is 2.90. The van der Waals surface area contributed by atoms with Crippen LogP contribution in [-0.4, -0.2) is 5.78 Å². The lowest BCUT2D eigenvalue weighted by Gasteiger charge is -2.11. The van der Waals surface area contributed by atoms with Crippen LogP contribution in [0.2, 0.25) is 0 Å². The molecule has 1 aliphatic carbocycles. The first-order chi connectivity index (χ1) is 9.18. The number of epoxide rings is 1. The normalized spacial score (nSPS) is 23.1. The Hall–Kier alpha value is -2.13. The Bertz CT molecular complexity index is 721. The van der Waals surface area contributed by atoms with Gasteiger partial charge in [0.2, 0.25) is 0 Å². The van der Waals surface area contributed by atoms with Gasteiger partial charge in [0.25, 0.3) is 0 Å². The zero-order valence-corrected chi connectivity index (χ0v) is 10.5. The minimum atomic E-state index is -0.0227. The van der Waals surface area contributed by atoms with E-state index in [0.717, 1.165) is 16.7 Å². The molecule has 19 heavy (non-hydrogen) atoms. The number of nitrogens with two attached hydrogens (primary N) is 1. The van der Waals surface area contributed by atoms with Crippen molar-refractivity contribution in [2.45, 2.75) is 19.1 Å². The number of hydrogen-bond acceptors (Lipinski definition) is 3. The largest absolute Gasteiger partial charge is 0.398 e. The van der Waals surface area contributed by atoms with Crippen LogP contribution in [0.4, 0.5) is 5.69 Å². The molecule has 94 valence electrons.